The van der Waals surface area contributed by atoms with E-state index in [1.807, 2.05) is 84.9 Å². The predicted octanol–water partition coefficient (Wildman–Crippen LogP) is 7.20. The number of fused-ring (bicyclic) bond motifs is 1. The molecule has 2 heterocycles. The number of benzene rings is 4. The summed E-state index contributed by atoms with van der Waals surface area (Å²) in [5.41, 5.74) is 3.45. The van der Waals surface area contributed by atoms with Crippen LogP contribution in [0.5, 0.6) is 0 Å². The number of aromatic nitrogens is 2. The molecular weight excluding hydrogens is 488 g/mol. The fourth-order valence-corrected chi connectivity index (χ4v) is 5.07. The van der Waals surface area contributed by atoms with Gasteiger partial charge in [0.25, 0.3) is 5.91 Å². The van der Waals surface area contributed by atoms with Crippen molar-refractivity contribution in [2.45, 2.75) is 9.79 Å². The zero-order valence-electron chi connectivity index (χ0n) is 18.9. The Bertz CT molecular complexity index is 1640. The van der Waals surface area contributed by atoms with Gasteiger partial charge in [-0.3, -0.25) is 4.79 Å². The molecule has 0 radical (unpaired) electrons. The number of aromatic amines is 1. The van der Waals surface area contributed by atoms with E-state index in [9.17, 15) is 4.79 Å². The molecule has 1 aliphatic rings. The predicted molar refractivity (Wildman–Crippen MR) is 147 cm³/mol. The molecule has 0 bridgehead atoms. The van der Waals surface area contributed by atoms with Gasteiger partial charge in [-0.15, -0.1) is 0 Å². The van der Waals surface area contributed by atoms with Gasteiger partial charge >= 0.3 is 0 Å². The summed E-state index contributed by atoms with van der Waals surface area (Å²) in [6.45, 7) is 0. The standard InChI is InChI=1S/C29H19ClN4OS/c30-23-14-8-7-11-20(23)17-26-28(35)34(27(31-26)19-9-3-1-4-10-19)29-32-24-16-15-22(18-25(24)33-29)36-21-12-5-2-6-13-21/h1-18H,(H,32,33). The molecule has 5 nitrogen and oxygen atoms in total. The van der Waals surface area contributed by atoms with Crippen molar-refractivity contribution in [2.75, 3.05) is 4.90 Å². The van der Waals surface area contributed by atoms with Gasteiger partial charge in [-0.25, -0.2) is 14.9 Å². The summed E-state index contributed by atoms with van der Waals surface area (Å²) in [4.78, 5) is 30.2. The molecule has 7 heteroatoms. The van der Waals surface area contributed by atoms with Crippen molar-refractivity contribution in [3.8, 4) is 0 Å². The maximum atomic E-state index is 13.6. The highest BCUT2D eigenvalue weighted by molar-refractivity contribution is 7.99. The highest BCUT2D eigenvalue weighted by atomic mass is 35.5. The topological polar surface area (TPSA) is 61.4 Å². The number of nitrogens with one attached hydrogen (secondary N) is 1. The van der Waals surface area contributed by atoms with Gasteiger partial charge < -0.3 is 4.98 Å². The Balaban J connectivity index is 1.40. The van der Waals surface area contributed by atoms with Crippen molar-refractivity contribution < 1.29 is 4.79 Å². The monoisotopic (exact) mass is 506 g/mol. The fraction of sp³-hybridized carbons (Fsp3) is 0. The Morgan fingerprint density at radius 3 is 2.33 bits per heavy atom. The summed E-state index contributed by atoms with van der Waals surface area (Å²) >= 11 is 8.02. The van der Waals surface area contributed by atoms with E-state index in [1.54, 1.807) is 23.9 Å². The Hall–Kier alpha value is -4.13. The van der Waals surface area contributed by atoms with Crippen LogP contribution in [0.1, 0.15) is 11.1 Å². The van der Waals surface area contributed by atoms with Gasteiger partial charge in [0.15, 0.2) is 5.84 Å². The molecule has 36 heavy (non-hydrogen) atoms. The number of nitrogens with zero attached hydrogens (tertiary/aromatic N) is 3. The molecule has 0 atom stereocenters. The molecule has 1 N–H and O–H groups in total. The van der Waals surface area contributed by atoms with Gasteiger partial charge in [0.1, 0.15) is 5.70 Å². The van der Waals surface area contributed by atoms with Crippen molar-refractivity contribution in [2.24, 2.45) is 4.99 Å². The number of anilines is 1. The molecule has 0 spiro atoms. The first kappa shape index (κ1) is 22.3. The second-order valence-electron chi connectivity index (χ2n) is 8.15. The second-order valence-corrected chi connectivity index (χ2v) is 9.70. The van der Waals surface area contributed by atoms with Gasteiger partial charge in [-0.05, 0) is 48.0 Å². The molecule has 0 aliphatic carbocycles. The number of amides is 1. The number of amidine groups is 1. The summed E-state index contributed by atoms with van der Waals surface area (Å²) in [7, 11) is 0. The SMILES string of the molecule is O=C1C(=Cc2ccccc2Cl)N=C(c2ccccc2)N1c1nc2ccc(Sc3ccccc3)cc2[nH]1. The van der Waals surface area contributed by atoms with E-state index in [0.29, 0.717) is 22.5 Å². The van der Waals surface area contributed by atoms with Crippen LogP contribution in [0.4, 0.5) is 5.95 Å². The largest absolute Gasteiger partial charge is 0.323 e. The van der Waals surface area contributed by atoms with Crippen molar-refractivity contribution in [3.63, 3.8) is 0 Å². The molecule has 5 aromatic rings. The molecule has 174 valence electrons. The molecule has 6 rings (SSSR count). The molecule has 1 amide bonds. The zero-order valence-corrected chi connectivity index (χ0v) is 20.5. The number of halogens is 1. The molecule has 0 fully saturated rings. The van der Waals surface area contributed by atoms with Crippen LogP contribution in [-0.4, -0.2) is 21.7 Å². The second kappa shape index (κ2) is 9.49. The van der Waals surface area contributed by atoms with Crippen LogP contribution in [0.2, 0.25) is 5.02 Å². The number of imidazole rings is 1. The van der Waals surface area contributed by atoms with E-state index in [2.05, 4.69) is 17.1 Å². The average Bonchev–Trinajstić information content (AvgIpc) is 3.47. The smallest absolute Gasteiger partial charge is 0.285 e. The van der Waals surface area contributed by atoms with Crippen molar-refractivity contribution in [1.82, 2.24) is 9.97 Å². The molecule has 0 saturated heterocycles. The average molecular weight is 507 g/mol. The van der Waals surface area contributed by atoms with E-state index in [0.717, 1.165) is 32.0 Å². The van der Waals surface area contributed by atoms with Crippen LogP contribution in [0.3, 0.4) is 0 Å². The van der Waals surface area contributed by atoms with Crippen molar-refractivity contribution in [1.29, 1.82) is 0 Å². The summed E-state index contributed by atoms with van der Waals surface area (Å²) in [5, 5.41) is 0.555. The Labute approximate surface area is 217 Å². The lowest BCUT2D eigenvalue weighted by molar-refractivity contribution is -0.113. The van der Waals surface area contributed by atoms with Crippen LogP contribution < -0.4 is 4.90 Å². The molecule has 1 aromatic heterocycles. The van der Waals surface area contributed by atoms with Gasteiger partial charge in [-0.1, -0.05) is 90.1 Å². The van der Waals surface area contributed by atoms with E-state index in [-0.39, 0.29) is 5.91 Å². The van der Waals surface area contributed by atoms with Crippen molar-refractivity contribution in [3.05, 3.63) is 125 Å². The number of carbonyl (C=O) groups is 1. The third kappa shape index (κ3) is 4.33. The first-order chi connectivity index (χ1) is 17.7. The van der Waals surface area contributed by atoms with Crippen LogP contribution in [0.25, 0.3) is 17.1 Å². The highest BCUT2D eigenvalue weighted by Gasteiger charge is 2.34. The normalized spacial score (nSPS) is 14.6. The Kier molecular flexibility index (Phi) is 5.89. The lowest BCUT2D eigenvalue weighted by atomic mass is 10.2. The van der Waals surface area contributed by atoms with Crippen molar-refractivity contribution >= 4 is 58.2 Å². The van der Waals surface area contributed by atoms with Gasteiger partial charge in [0, 0.05) is 20.4 Å². The Morgan fingerprint density at radius 1 is 0.833 bits per heavy atom. The van der Waals surface area contributed by atoms with Gasteiger partial charge in [0.2, 0.25) is 5.95 Å². The minimum Gasteiger partial charge on any atom is -0.323 e. The van der Waals surface area contributed by atoms with Crippen LogP contribution >= 0.6 is 23.4 Å². The minimum atomic E-state index is -0.272. The molecule has 0 unspecified atom stereocenters. The number of hydrogen-bond acceptors (Lipinski definition) is 4. The number of aliphatic imine (C=N–C) groups is 1. The quantitative estimate of drug-likeness (QED) is 0.256. The maximum Gasteiger partial charge on any atom is 0.285 e. The summed E-state index contributed by atoms with van der Waals surface area (Å²) in [6.07, 6.45) is 1.71. The lowest BCUT2D eigenvalue weighted by Crippen LogP contribution is -2.33. The third-order valence-corrected chi connectivity index (χ3v) is 7.06. The molecule has 1 aliphatic heterocycles. The van der Waals surface area contributed by atoms with E-state index in [1.165, 1.54) is 4.90 Å². The Morgan fingerprint density at radius 2 is 1.56 bits per heavy atom. The van der Waals surface area contributed by atoms with E-state index in [4.69, 9.17) is 21.6 Å². The lowest BCUT2D eigenvalue weighted by Gasteiger charge is -2.15. The number of carbonyl (C=O) groups excluding carboxylic acids is 1. The highest BCUT2D eigenvalue weighted by Crippen LogP contribution is 2.32. The maximum absolute atomic E-state index is 13.6. The van der Waals surface area contributed by atoms with Crippen LogP contribution in [0, 0.1) is 0 Å². The van der Waals surface area contributed by atoms with Crippen LogP contribution in [0.15, 0.2) is 124 Å². The van der Waals surface area contributed by atoms with Crippen LogP contribution in [-0.2, 0) is 4.79 Å². The molecule has 4 aromatic carbocycles. The summed E-state index contributed by atoms with van der Waals surface area (Å²) in [6, 6.07) is 33.2. The third-order valence-electron chi connectivity index (χ3n) is 5.72. The van der Waals surface area contributed by atoms with E-state index < -0.39 is 0 Å². The number of hydrogen-bond donors (Lipinski definition) is 1. The van der Waals surface area contributed by atoms with Gasteiger partial charge in [0.05, 0.1) is 11.0 Å². The fourth-order valence-electron chi connectivity index (χ4n) is 4.00. The van der Waals surface area contributed by atoms with E-state index >= 15 is 0 Å². The molecular formula is C29H19ClN4OS. The minimum absolute atomic E-state index is 0.272. The van der Waals surface area contributed by atoms with Gasteiger partial charge in [-0.2, -0.15) is 0 Å². The first-order valence-electron chi connectivity index (χ1n) is 11.3. The number of H-pyrrole nitrogens is 1. The number of rotatable bonds is 5. The summed E-state index contributed by atoms with van der Waals surface area (Å²) < 4.78 is 0. The summed E-state index contributed by atoms with van der Waals surface area (Å²) in [5.74, 6) is 0.658. The zero-order chi connectivity index (χ0) is 24.5. The first-order valence-corrected chi connectivity index (χ1v) is 12.5. The molecule has 0 saturated carbocycles.